The van der Waals surface area contributed by atoms with Crippen molar-refractivity contribution in [2.45, 2.75) is 59.6 Å². The van der Waals surface area contributed by atoms with Crippen LogP contribution in [0.4, 0.5) is 39.5 Å². The monoisotopic (exact) mass is 1330 g/mol. The average molecular weight is 1330 g/mol. The van der Waals surface area contributed by atoms with Crippen LogP contribution < -0.4 is 26.2 Å². The van der Waals surface area contributed by atoms with Gasteiger partial charge in [-0.3, -0.25) is 14.4 Å². The van der Waals surface area contributed by atoms with E-state index >= 15 is 0 Å². The topological polar surface area (TPSA) is 143 Å². The number of nitrogens with zero attached hydrogens (tertiary/aromatic N) is 6. The van der Waals surface area contributed by atoms with E-state index < -0.39 is 79.1 Å². The maximum absolute atomic E-state index is 13.4. The normalized spacial score (nSPS) is 10.9. The molecular formula is C64H52B5Cl3F9N6O6. The molecule has 0 fully saturated rings. The van der Waals surface area contributed by atoms with Crippen LogP contribution >= 0.6 is 34.8 Å². The van der Waals surface area contributed by atoms with Crippen molar-refractivity contribution in [1.29, 1.82) is 0 Å². The lowest BCUT2D eigenvalue weighted by Crippen LogP contribution is -2.23. The third kappa shape index (κ3) is 20.3. The molecule has 0 atom stereocenters. The predicted octanol–water partition coefficient (Wildman–Crippen LogP) is 14.6. The molecule has 10 rings (SSSR count). The van der Waals surface area contributed by atoms with Crippen LogP contribution in [-0.2, 0) is 44.8 Å². The fourth-order valence-electron chi connectivity index (χ4n) is 8.52. The SMILES string of the molecule is C.C.COc1cn(Cc2ccccc2)c(-c2cccc(C(F)(F)F)c2Cl)nc1=O.O=c1nc(-c2cccc(C(F)(F)F)c2Cl)n(Cc2ccccc2)cc1O.O=c1nc(-c2cccc(C(F)(F)F)c2Cl)n(Cc2ccccc2)cc1OCc1ccccc1.[B][B]B([B])[B]. The molecule has 473 valence electrons. The summed E-state index contributed by atoms with van der Waals surface area (Å²) in [4.78, 5) is 48.3. The highest BCUT2D eigenvalue weighted by atomic mass is 35.5. The summed E-state index contributed by atoms with van der Waals surface area (Å²) < 4.78 is 134. The van der Waals surface area contributed by atoms with E-state index in [0.29, 0.717) is 0 Å². The van der Waals surface area contributed by atoms with Crippen LogP contribution in [0.5, 0.6) is 17.2 Å². The van der Waals surface area contributed by atoms with Gasteiger partial charge in [0, 0.05) is 73.0 Å². The molecule has 0 saturated heterocycles. The molecular weight excluding hydrogens is 1280 g/mol. The molecule has 7 aromatic carbocycles. The maximum atomic E-state index is 13.4. The molecule has 3 aromatic heterocycles. The molecule has 0 bridgehead atoms. The van der Waals surface area contributed by atoms with Crippen LogP contribution in [0.25, 0.3) is 34.2 Å². The van der Waals surface area contributed by atoms with Gasteiger partial charge in [0.1, 0.15) is 24.1 Å². The number of rotatable bonds is 14. The first-order valence-electron chi connectivity index (χ1n) is 26.7. The zero-order chi connectivity index (χ0) is 66.2. The first kappa shape index (κ1) is 74.9. The zero-order valence-electron chi connectivity index (χ0n) is 47.4. The van der Waals surface area contributed by atoms with E-state index in [-0.39, 0.29) is 86.8 Å². The number of ether oxygens (including phenoxy) is 2. The number of aromatic hydroxyl groups is 1. The van der Waals surface area contributed by atoms with Crippen molar-refractivity contribution < 1.29 is 54.1 Å². The van der Waals surface area contributed by atoms with E-state index in [1.807, 2.05) is 97.1 Å². The Morgan fingerprint density at radius 2 is 0.753 bits per heavy atom. The van der Waals surface area contributed by atoms with Crippen molar-refractivity contribution in [3.63, 3.8) is 0 Å². The van der Waals surface area contributed by atoms with Crippen molar-refractivity contribution >= 4 is 71.5 Å². The van der Waals surface area contributed by atoms with E-state index in [2.05, 4.69) is 15.0 Å². The van der Waals surface area contributed by atoms with Crippen LogP contribution in [0.15, 0.2) is 209 Å². The molecule has 10 aromatic rings. The van der Waals surface area contributed by atoms with Gasteiger partial charge in [-0.05, 0) is 58.7 Å². The molecule has 0 aliphatic rings. The van der Waals surface area contributed by atoms with Gasteiger partial charge in [-0.1, -0.05) is 189 Å². The minimum absolute atomic E-state index is 0. The van der Waals surface area contributed by atoms with Gasteiger partial charge in [0.15, 0.2) is 5.75 Å². The summed E-state index contributed by atoms with van der Waals surface area (Å²) in [5.74, 6) is -0.646. The standard InChI is InChI=1S/C25H18ClF3N2O2.C19H14ClF3N2O2.C18H12ClF3N2O2.2CH4.B5/c26-22-19(12-7-13-20(22)25(27,28)29)23-30-24(32)21(33-16-18-10-5-2-6-11-18)15-31(23)14-17-8-3-1-4-9-17;1-27-15-11-25(10-12-6-3-2-4-7-12)17(24-18(15)26)13-8-5-9-14(16(13)20)19(21,22)23;19-15-12(7-4-8-13(15)18(20,21)22)16-23-17(26)14(25)10-24(16)9-11-5-2-1-3-6-11;;;1-4-5(2)3/h1-13,15H,14,16H2;2-9,11H,10H2,1H3;1-8,10,25H,9H2;2*1H4;. The summed E-state index contributed by atoms with van der Waals surface area (Å²) in [5, 5.41) is 8.11. The van der Waals surface area contributed by atoms with Gasteiger partial charge in [0.25, 0.3) is 0 Å². The molecule has 0 spiro atoms. The minimum atomic E-state index is -4.64. The Bertz CT molecular complexity index is 4280. The zero-order valence-corrected chi connectivity index (χ0v) is 49.7. The third-order valence-corrected chi connectivity index (χ3v) is 14.0. The highest BCUT2D eigenvalue weighted by molar-refractivity contribution is 7.60. The van der Waals surface area contributed by atoms with Gasteiger partial charge in [-0.25, -0.2) is 0 Å². The second-order valence-electron chi connectivity index (χ2n) is 19.3. The summed E-state index contributed by atoms with van der Waals surface area (Å²) in [6, 6.07) is 47.2. The van der Waals surface area contributed by atoms with Crippen LogP contribution in [0.1, 0.15) is 53.8 Å². The molecule has 3 heterocycles. The highest BCUT2D eigenvalue weighted by Gasteiger charge is 2.37. The predicted molar refractivity (Wildman–Crippen MR) is 350 cm³/mol. The summed E-state index contributed by atoms with van der Waals surface area (Å²) in [7, 11) is 17.1. The summed E-state index contributed by atoms with van der Waals surface area (Å²) >= 11 is 18.1. The Morgan fingerprint density at radius 3 is 1.06 bits per heavy atom. The van der Waals surface area contributed by atoms with E-state index in [4.69, 9.17) is 67.5 Å². The Labute approximate surface area is 549 Å². The number of benzene rings is 7. The lowest BCUT2D eigenvalue weighted by atomic mass is 8.97. The lowest BCUT2D eigenvalue weighted by molar-refractivity contribution is -0.138. The van der Waals surface area contributed by atoms with Gasteiger partial charge in [-0.15, -0.1) is 0 Å². The van der Waals surface area contributed by atoms with Crippen LogP contribution in [0.3, 0.4) is 0 Å². The molecule has 0 aliphatic carbocycles. The van der Waals surface area contributed by atoms with Gasteiger partial charge < -0.3 is 28.3 Å². The van der Waals surface area contributed by atoms with Crippen LogP contribution in [0.2, 0.25) is 15.1 Å². The number of hydrogen-bond donors (Lipinski definition) is 1. The fraction of sp³-hybridized carbons (Fsp3) is 0.156. The summed E-state index contributed by atoms with van der Waals surface area (Å²) in [5.41, 5.74) is -1.96. The summed E-state index contributed by atoms with van der Waals surface area (Å²) in [6.07, 6.45) is -10.4. The van der Waals surface area contributed by atoms with Crippen molar-refractivity contribution in [2.75, 3.05) is 7.11 Å². The van der Waals surface area contributed by atoms with E-state index in [9.17, 15) is 59.0 Å². The number of alkyl halides is 9. The van der Waals surface area contributed by atoms with Gasteiger partial charge in [-0.2, -0.15) is 54.5 Å². The summed E-state index contributed by atoms with van der Waals surface area (Å²) in [6.45, 7) is 0.848. The molecule has 0 amide bonds. The maximum Gasteiger partial charge on any atom is 0.417 e. The minimum Gasteiger partial charge on any atom is -0.502 e. The molecule has 1 N–H and O–H groups in total. The Hall–Kier alpha value is -8.86. The van der Waals surface area contributed by atoms with E-state index in [1.54, 1.807) is 28.8 Å². The van der Waals surface area contributed by atoms with E-state index in [0.717, 1.165) is 46.6 Å². The smallest absolute Gasteiger partial charge is 0.417 e. The van der Waals surface area contributed by atoms with Gasteiger partial charge in [0.2, 0.25) is 11.5 Å². The quantitative estimate of drug-likeness (QED) is 0.0831. The van der Waals surface area contributed by atoms with Crippen LogP contribution in [-0.4, -0.2) is 77.5 Å². The number of hydrogen-bond acceptors (Lipinski definition) is 9. The van der Waals surface area contributed by atoms with Gasteiger partial charge in [0.05, 0.1) is 57.5 Å². The number of aromatic nitrogens is 6. The van der Waals surface area contributed by atoms with E-state index in [1.165, 1.54) is 72.1 Å². The number of halogens is 12. The Morgan fingerprint density at radius 1 is 0.462 bits per heavy atom. The Balaban J connectivity index is 0.000000243. The van der Waals surface area contributed by atoms with Crippen molar-refractivity contribution in [2.24, 2.45) is 0 Å². The average Bonchev–Trinajstić information content (AvgIpc) is 1.46. The van der Waals surface area contributed by atoms with Crippen molar-refractivity contribution in [3.05, 3.63) is 280 Å². The number of methoxy groups -OCH3 is 1. The van der Waals surface area contributed by atoms with Crippen LogP contribution in [0, 0.1) is 0 Å². The molecule has 12 nitrogen and oxygen atoms in total. The molecule has 93 heavy (non-hydrogen) atoms. The highest BCUT2D eigenvalue weighted by Crippen LogP contribution is 2.42. The fourth-order valence-corrected chi connectivity index (χ4v) is 9.47. The largest absolute Gasteiger partial charge is 0.502 e. The third-order valence-electron chi connectivity index (χ3n) is 12.8. The molecule has 29 heteroatoms. The first-order valence-corrected chi connectivity index (χ1v) is 27.8. The molecule has 7 radical (unpaired) electrons. The van der Waals surface area contributed by atoms with Crippen molar-refractivity contribution in [1.82, 2.24) is 28.7 Å². The molecule has 0 saturated carbocycles. The first-order chi connectivity index (χ1) is 43.2. The molecule has 0 unspecified atom stereocenters. The van der Waals surface area contributed by atoms with Crippen molar-refractivity contribution in [3.8, 4) is 51.4 Å². The second-order valence-corrected chi connectivity index (χ2v) is 20.4. The van der Waals surface area contributed by atoms with Gasteiger partial charge >= 0.3 is 35.2 Å². The Kier molecular flexibility index (Phi) is 27.1. The second kappa shape index (κ2) is 33.6. The lowest BCUT2D eigenvalue weighted by Gasteiger charge is -2.17. The molecule has 0 aliphatic heterocycles.